The van der Waals surface area contributed by atoms with E-state index in [9.17, 15) is 0 Å². The third-order valence-electron chi connectivity index (χ3n) is 2.80. The van der Waals surface area contributed by atoms with Gasteiger partial charge in [-0.3, -0.25) is 0 Å². The number of halogens is 1. The second-order valence-corrected chi connectivity index (χ2v) is 4.75. The van der Waals surface area contributed by atoms with Crippen LogP contribution in [0.1, 0.15) is 24.1 Å². The SMILES string of the molecule is Cc1ccccc1Oc1ccc([C@H](C)N)cc1Cl. The lowest BCUT2D eigenvalue weighted by Crippen LogP contribution is -2.04. The molecule has 2 aromatic carbocycles. The summed E-state index contributed by atoms with van der Waals surface area (Å²) in [6.45, 7) is 3.92. The van der Waals surface area contributed by atoms with E-state index in [1.165, 1.54) is 0 Å². The number of rotatable bonds is 3. The quantitative estimate of drug-likeness (QED) is 0.885. The molecule has 18 heavy (non-hydrogen) atoms. The van der Waals surface area contributed by atoms with Crippen molar-refractivity contribution < 1.29 is 4.74 Å². The van der Waals surface area contributed by atoms with Gasteiger partial charge in [-0.25, -0.2) is 0 Å². The summed E-state index contributed by atoms with van der Waals surface area (Å²) in [5, 5.41) is 0.577. The average Bonchev–Trinajstić information content (AvgIpc) is 2.34. The lowest BCUT2D eigenvalue weighted by atomic mass is 10.1. The zero-order chi connectivity index (χ0) is 13.1. The van der Waals surface area contributed by atoms with Crippen molar-refractivity contribution in [1.82, 2.24) is 0 Å². The smallest absolute Gasteiger partial charge is 0.146 e. The van der Waals surface area contributed by atoms with Crippen molar-refractivity contribution >= 4 is 11.6 Å². The first-order valence-electron chi connectivity index (χ1n) is 5.86. The molecule has 0 spiro atoms. The lowest BCUT2D eigenvalue weighted by molar-refractivity contribution is 0.479. The number of para-hydroxylation sites is 1. The van der Waals surface area contributed by atoms with Crippen LogP contribution in [0.3, 0.4) is 0 Å². The topological polar surface area (TPSA) is 35.2 Å². The largest absolute Gasteiger partial charge is 0.456 e. The van der Waals surface area contributed by atoms with Gasteiger partial charge in [0.05, 0.1) is 5.02 Å². The molecule has 0 saturated carbocycles. The fourth-order valence-corrected chi connectivity index (χ4v) is 1.90. The monoisotopic (exact) mass is 261 g/mol. The number of ether oxygens (including phenoxy) is 1. The molecule has 0 amide bonds. The second-order valence-electron chi connectivity index (χ2n) is 4.35. The van der Waals surface area contributed by atoms with Gasteiger partial charge < -0.3 is 10.5 Å². The van der Waals surface area contributed by atoms with Gasteiger partial charge in [0, 0.05) is 6.04 Å². The Bertz CT molecular complexity index is 552. The van der Waals surface area contributed by atoms with Crippen LogP contribution in [0.2, 0.25) is 5.02 Å². The van der Waals surface area contributed by atoms with Crippen molar-refractivity contribution in [3.63, 3.8) is 0 Å². The summed E-state index contributed by atoms with van der Waals surface area (Å²) in [4.78, 5) is 0. The number of hydrogen-bond acceptors (Lipinski definition) is 2. The Kier molecular flexibility index (Phi) is 3.90. The zero-order valence-electron chi connectivity index (χ0n) is 10.5. The Morgan fingerprint density at radius 3 is 2.44 bits per heavy atom. The Morgan fingerprint density at radius 1 is 1.11 bits per heavy atom. The van der Waals surface area contributed by atoms with Crippen LogP contribution >= 0.6 is 11.6 Å². The fourth-order valence-electron chi connectivity index (χ4n) is 1.67. The first-order chi connectivity index (χ1) is 8.58. The van der Waals surface area contributed by atoms with Crippen molar-refractivity contribution in [1.29, 1.82) is 0 Å². The highest BCUT2D eigenvalue weighted by Crippen LogP contribution is 2.32. The first kappa shape index (κ1) is 12.9. The molecule has 2 nitrogen and oxygen atoms in total. The van der Waals surface area contributed by atoms with Crippen LogP contribution in [0.4, 0.5) is 0 Å². The molecule has 1 atom stereocenters. The van der Waals surface area contributed by atoms with Gasteiger partial charge in [-0.05, 0) is 43.2 Å². The van der Waals surface area contributed by atoms with E-state index < -0.39 is 0 Å². The molecular weight excluding hydrogens is 246 g/mol. The van der Waals surface area contributed by atoms with E-state index in [4.69, 9.17) is 22.1 Å². The van der Waals surface area contributed by atoms with Gasteiger partial charge in [-0.15, -0.1) is 0 Å². The average molecular weight is 262 g/mol. The number of aryl methyl sites for hydroxylation is 1. The van der Waals surface area contributed by atoms with Crippen molar-refractivity contribution in [2.24, 2.45) is 5.73 Å². The number of nitrogens with two attached hydrogens (primary N) is 1. The molecule has 0 unspecified atom stereocenters. The van der Waals surface area contributed by atoms with Gasteiger partial charge in [0.25, 0.3) is 0 Å². The summed E-state index contributed by atoms with van der Waals surface area (Å²) in [6, 6.07) is 13.4. The highest BCUT2D eigenvalue weighted by molar-refractivity contribution is 6.32. The molecule has 2 aromatic rings. The normalized spacial score (nSPS) is 12.2. The van der Waals surface area contributed by atoms with E-state index in [2.05, 4.69) is 0 Å². The summed E-state index contributed by atoms with van der Waals surface area (Å²) in [7, 11) is 0. The molecule has 2 rings (SSSR count). The Hall–Kier alpha value is -1.51. The molecule has 0 aliphatic heterocycles. The van der Waals surface area contributed by atoms with Crippen LogP contribution in [0.5, 0.6) is 11.5 Å². The second kappa shape index (κ2) is 5.42. The summed E-state index contributed by atoms with van der Waals surface area (Å²) in [5.74, 6) is 1.46. The van der Waals surface area contributed by atoms with E-state index in [1.807, 2.05) is 56.3 Å². The van der Waals surface area contributed by atoms with E-state index >= 15 is 0 Å². The van der Waals surface area contributed by atoms with Gasteiger partial charge in [0.1, 0.15) is 11.5 Å². The molecule has 0 aromatic heterocycles. The van der Waals surface area contributed by atoms with Crippen molar-refractivity contribution in [2.75, 3.05) is 0 Å². The molecule has 3 heteroatoms. The molecule has 2 N–H and O–H groups in total. The molecular formula is C15H16ClNO. The maximum Gasteiger partial charge on any atom is 0.146 e. The minimum atomic E-state index is -0.0324. The van der Waals surface area contributed by atoms with Crippen LogP contribution < -0.4 is 10.5 Å². The summed E-state index contributed by atoms with van der Waals surface area (Å²) in [6.07, 6.45) is 0. The minimum absolute atomic E-state index is 0.0324. The molecule has 0 saturated heterocycles. The lowest BCUT2D eigenvalue weighted by Gasteiger charge is -2.12. The standard InChI is InChI=1S/C15H16ClNO/c1-10-5-3-4-6-14(10)18-15-8-7-12(11(2)17)9-13(15)16/h3-9,11H,17H2,1-2H3/t11-/m0/s1. The van der Waals surface area contributed by atoms with Crippen molar-refractivity contribution in [3.05, 3.63) is 58.6 Å². The van der Waals surface area contributed by atoms with E-state index in [-0.39, 0.29) is 6.04 Å². The van der Waals surface area contributed by atoms with Crippen molar-refractivity contribution in [3.8, 4) is 11.5 Å². The third-order valence-corrected chi connectivity index (χ3v) is 3.09. The van der Waals surface area contributed by atoms with E-state index in [0.717, 1.165) is 16.9 Å². The molecule has 0 bridgehead atoms. The summed E-state index contributed by atoms with van der Waals surface area (Å²) < 4.78 is 5.80. The Balaban J connectivity index is 2.28. The fraction of sp³-hybridized carbons (Fsp3) is 0.200. The molecule has 0 aliphatic rings. The van der Waals surface area contributed by atoms with E-state index in [0.29, 0.717) is 10.8 Å². The van der Waals surface area contributed by atoms with Crippen LogP contribution in [0, 0.1) is 6.92 Å². The van der Waals surface area contributed by atoms with Gasteiger partial charge in [0.15, 0.2) is 0 Å². The predicted octanol–water partition coefficient (Wildman–Crippen LogP) is 4.46. The van der Waals surface area contributed by atoms with Gasteiger partial charge in [0.2, 0.25) is 0 Å². The van der Waals surface area contributed by atoms with Crippen LogP contribution in [0.15, 0.2) is 42.5 Å². The highest BCUT2D eigenvalue weighted by atomic mass is 35.5. The Labute approximate surface area is 112 Å². The summed E-state index contributed by atoms with van der Waals surface area (Å²) >= 11 is 6.20. The first-order valence-corrected chi connectivity index (χ1v) is 6.24. The minimum Gasteiger partial charge on any atom is -0.456 e. The van der Waals surface area contributed by atoms with Crippen LogP contribution in [-0.4, -0.2) is 0 Å². The van der Waals surface area contributed by atoms with Crippen molar-refractivity contribution in [2.45, 2.75) is 19.9 Å². The van der Waals surface area contributed by atoms with E-state index in [1.54, 1.807) is 0 Å². The molecule has 0 fully saturated rings. The maximum absolute atomic E-state index is 6.20. The predicted molar refractivity (Wildman–Crippen MR) is 75.3 cm³/mol. The van der Waals surface area contributed by atoms with Crippen LogP contribution in [0.25, 0.3) is 0 Å². The number of benzene rings is 2. The summed E-state index contributed by atoms with van der Waals surface area (Å²) in [5.41, 5.74) is 7.88. The highest BCUT2D eigenvalue weighted by Gasteiger charge is 2.07. The molecule has 94 valence electrons. The molecule has 0 aliphatic carbocycles. The van der Waals surface area contributed by atoms with Gasteiger partial charge in [-0.1, -0.05) is 35.9 Å². The maximum atomic E-state index is 6.20. The third kappa shape index (κ3) is 2.84. The van der Waals surface area contributed by atoms with Gasteiger partial charge in [-0.2, -0.15) is 0 Å². The zero-order valence-corrected chi connectivity index (χ0v) is 11.2. The number of hydrogen-bond donors (Lipinski definition) is 1. The van der Waals surface area contributed by atoms with Gasteiger partial charge >= 0.3 is 0 Å². The van der Waals surface area contributed by atoms with Crippen LogP contribution in [-0.2, 0) is 0 Å². The molecule has 0 heterocycles. The molecule has 0 radical (unpaired) electrons. The Morgan fingerprint density at radius 2 is 1.83 bits per heavy atom.